The topological polar surface area (TPSA) is 97.0 Å². The summed E-state index contributed by atoms with van der Waals surface area (Å²) >= 11 is 0. The van der Waals surface area contributed by atoms with Crippen LogP contribution in [0.4, 0.5) is 11.4 Å². The summed E-state index contributed by atoms with van der Waals surface area (Å²) < 4.78 is 11.4. The normalized spacial score (nSPS) is 26.5. The highest BCUT2D eigenvalue weighted by molar-refractivity contribution is 6.03. The van der Waals surface area contributed by atoms with Crippen LogP contribution in [0.25, 0.3) is 0 Å². The minimum atomic E-state index is -0.782. The van der Waals surface area contributed by atoms with Gasteiger partial charge < -0.3 is 25.0 Å². The van der Waals surface area contributed by atoms with Gasteiger partial charge in [0.2, 0.25) is 17.7 Å². The Hall–Kier alpha value is -3.65. The molecule has 4 atom stereocenters. The van der Waals surface area contributed by atoms with Crippen LogP contribution >= 0.6 is 0 Å². The van der Waals surface area contributed by atoms with Crippen LogP contribution in [0.1, 0.15) is 12.5 Å². The van der Waals surface area contributed by atoms with Crippen LogP contribution in [-0.4, -0.2) is 49.6 Å². The summed E-state index contributed by atoms with van der Waals surface area (Å²) in [5, 5.41) is 5.72. The van der Waals surface area contributed by atoms with E-state index in [4.69, 9.17) is 9.47 Å². The van der Waals surface area contributed by atoms with Crippen molar-refractivity contribution in [3.8, 4) is 5.75 Å². The smallest absolute Gasteiger partial charge is 0.234 e. The zero-order valence-electron chi connectivity index (χ0n) is 19.1. The first-order valence-corrected chi connectivity index (χ1v) is 11.4. The van der Waals surface area contributed by atoms with E-state index in [2.05, 4.69) is 10.6 Å². The largest absolute Gasteiger partial charge is 0.497 e. The van der Waals surface area contributed by atoms with E-state index >= 15 is 0 Å². The Morgan fingerprint density at radius 2 is 1.88 bits per heavy atom. The number of methoxy groups -OCH3 is 1. The van der Waals surface area contributed by atoms with E-state index < -0.39 is 17.4 Å². The molecule has 8 heteroatoms. The van der Waals surface area contributed by atoms with Gasteiger partial charge in [0, 0.05) is 24.8 Å². The van der Waals surface area contributed by atoms with Crippen molar-refractivity contribution >= 4 is 29.1 Å². The molecule has 8 nitrogen and oxygen atoms in total. The lowest BCUT2D eigenvalue weighted by Crippen LogP contribution is -2.44. The summed E-state index contributed by atoms with van der Waals surface area (Å²) in [6.07, 6.45) is 4.13. The van der Waals surface area contributed by atoms with Gasteiger partial charge in [-0.3, -0.25) is 14.4 Å². The molecule has 0 radical (unpaired) electrons. The van der Waals surface area contributed by atoms with Crippen molar-refractivity contribution in [1.82, 2.24) is 5.32 Å². The summed E-state index contributed by atoms with van der Waals surface area (Å²) in [5.74, 6) is -0.760. The van der Waals surface area contributed by atoms with Crippen molar-refractivity contribution in [2.24, 2.45) is 11.8 Å². The average Bonchev–Trinajstić information content (AvgIpc) is 3.48. The number of nitrogens with one attached hydrogen (secondary N) is 2. The second-order valence-electron chi connectivity index (χ2n) is 8.94. The van der Waals surface area contributed by atoms with E-state index in [1.165, 1.54) is 6.92 Å². The Balaban J connectivity index is 1.26. The zero-order chi connectivity index (χ0) is 23.9. The van der Waals surface area contributed by atoms with E-state index in [1.807, 2.05) is 36.4 Å². The lowest BCUT2D eigenvalue weighted by atomic mass is 9.77. The van der Waals surface area contributed by atoms with Crippen LogP contribution < -0.4 is 20.3 Å². The highest BCUT2D eigenvalue weighted by Gasteiger charge is 2.67. The van der Waals surface area contributed by atoms with Crippen LogP contribution in [-0.2, 0) is 25.5 Å². The molecule has 3 aliphatic rings. The minimum Gasteiger partial charge on any atom is -0.497 e. The fraction of sp³-hybridized carbons (Fsp3) is 0.346. The molecule has 1 spiro atoms. The van der Waals surface area contributed by atoms with E-state index in [1.54, 1.807) is 36.3 Å². The van der Waals surface area contributed by atoms with Gasteiger partial charge in [-0.25, -0.2) is 0 Å². The van der Waals surface area contributed by atoms with Gasteiger partial charge >= 0.3 is 0 Å². The van der Waals surface area contributed by atoms with Crippen molar-refractivity contribution in [3.05, 3.63) is 66.2 Å². The predicted molar refractivity (Wildman–Crippen MR) is 127 cm³/mol. The molecule has 0 aliphatic carbocycles. The summed E-state index contributed by atoms with van der Waals surface area (Å²) in [6.45, 7) is 2.28. The predicted octanol–water partition coefficient (Wildman–Crippen LogP) is 2.30. The van der Waals surface area contributed by atoms with Gasteiger partial charge in [0.15, 0.2) is 0 Å². The van der Waals surface area contributed by atoms with Crippen molar-refractivity contribution in [2.75, 3.05) is 30.4 Å². The molecule has 2 aromatic rings. The summed E-state index contributed by atoms with van der Waals surface area (Å²) in [5.41, 5.74) is 1.68. The SMILES string of the molecule is COc1ccc(CCNC(=O)C2C3C=C[C@]4(CN(c5ccc(NC(C)=O)cc5)C(=O)C24)O3)cc1. The third kappa shape index (κ3) is 3.84. The molecule has 3 heterocycles. The molecule has 2 aromatic carbocycles. The molecular weight excluding hydrogens is 434 g/mol. The Morgan fingerprint density at radius 3 is 2.56 bits per heavy atom. The van der Waals surface area contributed by atoms with Gasteiger partial charge in [-0.2, -0.15) is 0 Å². The number of benzene rings is 2. The number of hydrogen-bond acceptors (Lipinski definition) is 5. The van der Waals surface area contributed by atoms with Crippen molar-refractivity contribution < 1.29 is 23.9 Å². The number of fused-ring (bicyclic) bond motifs is 1. The molecule has 3 amide bonds. The second kappa shape index (κ2) is 8.61. The van der Waals surface area contributed by atoms with E-state index in [9.17, 15) is 14.4 Å². The Labute approximate surface area is 197 Å². The molecule has 34 heavy (non-hydrogen) atoms. The number of carbonyl (C=O) groups is 3. The first-order chi connectivity index (χ1) is 16.4. The molecule has 176 valence electrons. The molecule has 2 N–H and O–H groups in total. The summed E-state index contributed by atoms with van der Waals surface area (Å²) in [6, 6.07) is 14.8. The van der Waals surface area contributed by atoms with Crippen LogP contribution in [0.2, 0.25) is 0 Å². The maximum atomic E-state index is 13.5. The molecule has 3 aliphatic heterocycles. The zero-order valence-corrected chi connectivity index (χ0v) is 19.1. The summed E-state index contributed by atoms with van der Waals surface area (Å²) in [7, 11) is 1.63. The van der Waals surface area contributed by atoms with Gasteiger partial charge in [0.05, 0.1) is 31.6 Å². The highest BCUT2D eigenvalue weighted by Crippen LogP contribution is 2.52. The number of anilines is 2. The van der Waals surface area contributed by atoms with Crippen LogP contribution in [0.15, 0.2) is 60.7 Å². The van der Waals surface area contributed by atoms with Gasteiger partial charge in [-0.15, -0.1) is 0 Å². The first-order valence-electron chi connectivity index (χ1n) is 11.4. The first kappa shape index (κ1) is 22.2. The van der Waals surface area contributed by atoms with Gasteiger partial charge in [-0.05, 0) is 48.4 Å². The van der Waals surface area contributed by atoms with Crippen molar-refractivity contribution in [3.63, 3.8) is 0 Å². The van der Waals surface area contributed by atoms with E-state index in [-0.39, 0.29) is 23.8 Å². The number of hydrogen-bond donors (Lipinski definition) is 2. The van der Waals surface area contributed by atoms with Crippen LogP contribution in [0.5, 0.6) is 5.75 Å². The maximum absolute atomic E-state index is 13.5. The fourth-order valence-electron chi connectivity index (χ4n) is 5.18. The standard InChI is InChI=1S/C26H27N3O5/c1-16(30)28-18-5-7-19(8-6-18)29-15-26-13-11-21(34-26)22(23(26)25(29)32)24(31)27-14-12-17-3-9-20(33-2)10-4-17/h3-11,13,21-23H,12,14-15H2,1-2H3,(H,27,31)(H,28,30)/t21?,22?,23?,26-/m1/s1. The number of nitrogens with zero attached hydrogens (tertiary/aromatic N) is 1. The van der Waals surface area contributed by atoms with Gasteiger partial charge in [0.1, 0.15) is 11.4 Å². The second-order valence-corrected chi connectivity index (χ2v) is 8.94. The van der Waals surface area contributed by atoms with E-state index in [0.29, 0.717) is 30.9 Å². The highest BCUT2D eigenvalue weighted by atomic mass is 16.5. The summed E-state index contributed by atoms with van der Waals surface area (Å²) in [4.78, 5) is 39.5. The Kier molecular flexibility index (Phi) is 5.61. The van der Waals surface area contributed by atoms with Gasteiger partial charge in [0.25, 0.3) is 0 Å². The fourth-order valence-corrected chi connectivity index (χ4v) is 5.18. The Bertz CT molecular complexity index is 1140. The van der Waals surface area contributed by atoms with Crippen molar-refractivity contribution in [2.45, 2.75) is 25.0 Å². The number of carbonyl (C=O) groups excluding carboxylic acids is 3. The molecule has 5 rings (SSSR count). The third-order valence-corrected chi connectivity index (χ3v) is 6.77. The quantitative estimate of drug-likeness (QED) is 0.617. The monoisotopic (exact) mass is 461 g/mol. The van der Waals surface area contributed by atoms with Crippen LogP contribution in [0, 0.1) is 11.8 Å². The molecule has 0 saturated carbocycles. The lowest BCUT2D eigenvalue weighted by molar-refractivity contribution is -0.131. The molecular formula is C26H27N3O5. The van der Waals surface area contributed by atoms with E-state index in [0.717, 1.165) is 11.3 Å². The molecule has 2 bridgehead atoms. The molecule has 2 fully saturated rings. The molecule has 0 aromatic heterocycles. The number of rotatable bonds is 7. The lowest BCUT2D eigenvalue weighted by Gasteiger charge is -2.23. The molecule has 3 unspecified atom stereocenters. The van der Waals surface area contributed by atoms with Crippen molar-refractivity contribution in [1.29, 1.82) is 0 Å². The minimum absolute atomic E-state index is 0.116. The number of ether oxygens (including phenoxy) is 2. The third-order valence-electron chi connectivity index (χ3n) is 6.77. The average molecular weight is 462 g/mol. The number of amides is 3. The van der Waals surface area contributed by atoms with Gasteiger partial charge in [-0.1, -0.05) is 24.3 Å². The molecule has 2 saturated heterocycles. The van der Waals surface area contributed by atoms with Crippen LogP contribution in [0.3, 0.4) is 0 Å². The maximum Gasteiger partial charge on any atom is 0.234 e. The Morgan fingerprint density at radius 1 is 1.15 bits per heavy atom.